The van der Waals surface area contributed by atoms with E-state index in [1.54, 1.807) is 0 Å². The number of aromatic nitrogens is 1. The molecule has 5 rings (SSSR count). The molecule has 3 aliphatic rings. The molecule has 13 heteroatoms. The lowest BCUT2D eigenvalue weighted by Crippen LogP contribution is -2.52. The van der Waals surface area contributed by atoms with Crippen molar-refractivity contribution in [2.24, 2.45) is 0 Å². The highest BCUT2D eigenvalue weighted by atomic mass is 35.5. The lowest BCUT2D eigenvalue weighted by molar-refractivity contribution is -0.140. The van der Waals surface area contributed by atoms with E-state index < -0.39 is 49.7 Å². The van der Waals surface area contributed by atoms with Gasteiger partial charge in [0.05, 0.1) is 44.5 Å². The van der Waals surface area contributed by atoms with Gasteiger partial charge in [-0.3, -0.25) is 14.6 Å². The van der Waals surface area contributed by atoms with Crippen LogP contribution in [0.25, 0.3) is 0 Å². The normalized spacial score (nSPS) is 22.9. The van der Waals surface area contributed by atoms with E-state index in [0.717, 1.165) is 6.07 Å². The third-order valence-corrected chi connectivity index (χ3v) is 10.3. The van der Waals surface area contributed by atoms with Gasteiger partial charge in [-0.25, -0.2) is 12.8 Å². The maximum absolute atomic E-state index is 14.8. The molecule has 2 unspecified atom stereocenters. The summed E-state index contributed by atoms with van der Waals surface area (Å²) in [6, 6.07) is 6.09. The maximum Gasteiger partial charge on any atom is 0.244 e. The smallest absolute Gasteiger partial charge is 0.244 e. The second-order valence-electron chi connectivity index (χ2n) is 9.92. The minimum absolute atomic E-state index is 0.0531. The van der Waals surface area contributed by atoms with Gasteiger partial charge in [0.2, 0.25) is 11.8 Å². The number of rotatable bonds is 7. The summed E-state index contributed by atoms with van der Waals surface area (Å²) >= 11 is 12.1. The van der Waals surface area contributed by atoms with Gasteiger partial charge in [-0.1, -0.05) is 23.2 Å². The average molecular weight is 581 g/mol. The predicted octanol–water partition coefficient (Wildman–Crippen LogP) is 3.18. The zero-order valence-corrected chi connectivity index (χ0v) is 22.5. The molecule has 2 aromatic rings. The van der Waals surface area contributed by atoms with Crippen LogP contribution < -0.4 is 10.1 Å². The first-order valence-electron chi connectivity index (χ1n) is 11.9. The number of amides is 2. The number of hydrogen-bond acceptors (Lipinski definition) is 7. The Morgan fingerprint density at radius 3 is 2.50 bits per heavy atom. The third kappa shape index (κ3) is 4.48. The van der Waals surface area contributed by atoms with Crippen molar-refractivity contribution < 1.29 is 27.1 Å². The second-order valence-corrected chi connectivity index (χ2v) is 13.0. The minimum Gasteiger partial charge on any atom is -0.497 e. The molecule has 0 spiro atoms. The molecular formula is C25H23Cl2FN4O5S. The summed E-state index contributed by atoms with van der Waals surface area (Å²) in [5.41, 5.74) is -2.44. The Bertz CT molecular complexity index is 1490. The molecule has 2 aliphatic carbocycles. The van der Waals surface area contributed by atoms with E-state index in [1.807, 2.05) is 0 Å². The average Bonchev–Trinajstić information content (AvgIpc) is 3.80. The number of benzene rings is 1. The Morgan fingerprint density at radius 1 is 1.24 bits per heavy atom. The molecule has 38 heavy (non-hydrogen) atoms. The largest absolute Gasteiger partial charge is 0.497 e. The summed E-state index contributed by atoms with van der Waals surface area (Å²) < 4.78 is 47.2. The number of hydrogen-bond donors (Lipinski definition) is 1. The highest BCUT2D eigenvalue weighted by molar-refractivity contribution is 7.92. The van der Waals surface area contributed by atoms with Gasteiger partial charge in [0, 0.05) is 18.8 Å². The Kier molecular flexibility index (Phi) is 6.57. The molecule has 0 bridgehead atoms. The van der Waals surface area contributed by atoms with E-state index >= 15 is 0 Å². The van der Waals surface area contributed by atoms with Crippen LogP contribution in [-0.4, -0.2) is 60.6 Å². The minimum atomic E-state index is -4.10. The van der Waals surface area contributed by atoms with Crippen LogP contribution in [0.2, 0.25) is 10.0 Å². The Hall–Kier alpha value is -2.94. The zero-order valence-electron chi connectivity index (χ0n) is 20.2. The van der Waals surface area contributed by atoms with Crippen LogP contribution in [-0.2, 0) is 24.8 Å². The Morgan fingerprint density at radius 2 is 1.95 bits per heavy atom. The first-order chi connectivity index (χ1) is 18.0. The van der Waals surface area contributed by atoms with Crippen LogP contribution in [0.5, 0.6) is 5.75 Å². The molecular weight excluding hydrogens is 558 g/mol. The van der Waals surface area contributed by atoms with Crippen molar-refractivity contribution in [3.05, 3.63) is 52.0 Å². The monoisotopic (exact) mass is 580 g/mol. The SMILES string of the molecule is COc1ccc(S(=O)(=O)C2CC(C(=O)NC3(C#N)CC3)N(C(=O)C3(c4ncc(Cl)cc4F)CC3)C2)c(Cl)c1. The number of nitrogens with one attached hydrogen (secondary N) is 1. The molecule has 2 atom stereocenters. The van der Waals surface area contributed by atoms with E-state index in [2.05, 4.69) is 16.4 Å². The number of pyridine rings is 1. The molecule has 1 N–H and O–H groups in total. The van der Waals surface area contributed by atoms with Gasteiger partial charge in [-0.15, -0.1) is 0 Å². The number of sulfone groups is 1. The van der Waals surface area contributed by atoms with Crippen molar-refractivity contribution in [2.45, 2.75) is 59.2 Å². The van der Waals surface area contributed by atoms with E-state index in [1.165, 1.54) is 36.4 Å². The van der Waals surface area contributed by atoms with Gasteiger partial charge in [0.25, 0.3) is 0 Å². The van der Waals surface area contributed by atoms with Gasteiger partial charge < -0.3 is 15.0 Å². The van der Waals surface area contributed by atoms with Crippen LogP contribution in [0, 0.1) is 17.1 Å². The number of nitrogens with zero attached hydrogens (tertiary/aromatic N) is 3. The first kappa shape index (κ1) is 26.7. The summed E-state index contributed by atoms with van der Waals surface area (Å²) in [5, 5.41) is 11.0. The molecule has 1 aromatic carbocycles. The van der Waals surface area contributed by atoms with Gasteiger partial charge in [-0.05, 0) is 50.3 Å². The van der Waals surface area contributed by atoms with E-state index in [9.17, 15) is 27.7 Å². The van der Waals surface area contributed by atoms with Crippen molar-refractivity contribution in [1.29, 1.82) is 5.26 Å². The lowest BCUT2D eigenvalue weighted by atomic mass is 9.98. The Balaban J connectivity index is 1.49. The number of carbonyl (C=O) groups is 2. The number of ether oxygens (including phenoxy) is 1. The summed E-state index contributed by atoms with van der Waals surface area (Å²) in [6.45, 7) is -0.307. The van der Waals surface area contributed by atoms with Crippen molar-refractivity contribution in [3.8, 4) is 11.8 Å². The number of likely N-dealkylation sites (tertiary alicyclic amines) is 1. The highest BCUT2D eigenvalue weighted by Gasteiger charge is 2.60. The van der Waals surface area contributed by atoms with Crippen LogP contribution in [0.3, 0.4) is 0 Å². The van der Waals surface area contributed by atoms with Crippen molar-refractivity contribution >= 4 is 44.9 Å². The topological polar surface area (TPSA) is 129 Å². The number of halogens is 3. The fourth-order valence-electron chi connectivity index (χ4n) is 4.94. The summed E-state index contributed by atoms with van der Waals surface area (Å²) in [6.07, 6.45) is 2.52. The lowest BCUT2D eigenvalue weighted by Gasteiger charge is -2.28. The molecule has 200 valence electrons. The maximum atomic E-state index is 14.8. The number of nitriles is 1. The molecule has 0 radical (unpaired) electrons. The predicted molar refractivity (Wildman–Crippen MR) is 135 cm³/mol. The van der Waals surface area contributed by atoms with Crippen molar-refractivity contribution in [1.82, 2.24) is 15.2 Å². The molecule has 2 saturated carbocycles. The molecule has 2 amide bonds. The molecule has 1 aliphatic heterocycles. The first-order valence-corrected chi connectivity index (χ1v) is 14.2. The van der Waals surface area contributed by atoms with Crippen LogP contribution >= 0.6 is 23.2 Å². The molecule has 2 heterocycles. The van der Waals surface area contributed by atoms with Crippen molar-refractivity contribution in [3.63, 3.8) is 0 Å². The summed E-state index contributed by atoms with van der Waals surface area (Å²) in [7, 11) is -2.68. The van der Waals surface area contributed by atoms with Crippen LogP contribution in [0.1, 0.15) is 37.8 Å². The van der Waals surface area contributed by atoms with E-state index in [-0.39, 0.29) is 46.4 Å². The van der Waals surface area contributed by atoms with Crippen molar-refractivity contribution in [2.75, 3.05) is 13.7 Å². The van der Waals surface area contributed by atoms with E-state index in [4.69, 9.17) is 27.9 Å². The number of methoxy groups -OCH3 is 1. The van der Waals surface area contributed by atoms with Gasteiger partial charge in [-0.2, -0.15) is 5.26 Å². The quantitative estimate of drug-likeness (QED) is 0.532. The third-order valence-electron chi connectivity index (χ3n) is 7.46. The zero-order chi connectivity index (χ0) is 27.5. The standard InChI is InChI=1S/C25H23Cl2FN4O5S/c1-37-15-2-3-20(17(27)9-15)38(35,36)16-10-19(22(33)31-24(13-29)4-5-24)32(12-16)23(34)25(6-7-25)21-18(28)8-14(26)11-30-21/h2-3,8-9,11,16,19H,4-7,10,12H2,1H3,(H,31,33). The van der Waals surface area contributed by atoms with Gasteiger partial charge >= 0.3 is 0 Å². The molecule has 3 fully saturated rings. The van der Waals surface area contributed by atoms with Crippen LogP contribution in [0.15, 0.2) is 35.4 Å². The van der Waals surface area contributed by atoms with E-state index in [0.29, 0.717) is 18.6 Å². The summed E-state index contributed by atoms with van der Waals surface area (Å²) in [5.74, 6) is -1.60. The van der Waals surface area contributed by atoms with Crippen LogP contribution in [0.4, 0.5) is 4.39 Å². The number of carbonyl (C=O) groups excluding carboxylic acids is 2. The fraction of sp³-hybridized carbons (Fsp3) is 0.440. The molecule has 9 nitrogen and oxygen atoms in total. The fourth-order valence-corrected chi connectivity index (χ4v) is 7.32. The second kappa shape index (κ2) is 9.36. The molecule has 1 saturated heterocycles. The van der Waals surface area contributed by atoms with Gasteiger partial charge in [0.1, 0.15) is 23.1 Å². The van der Waals surface area contributed by atoms with Gasteiger partial charge in [0.15, 0.2) is 9.84 Å². The Labute approximate surface area is 228 Å². The molecule has 1 aromatic heterocycles. The highest BCUT2D eigenvalue weighted by Crippen LogP contribution is 2.51. The summed E-state index contributed by atoms with van der Waals surface area (Å²) in [4.78, 5) is 32.3.